The molecule has 0 amide bonds. The third-order valence-electron chi connectivity index (χ3n) is 7.24. The van der Waals surface area contributed by atoms with E-state index in [2.05, 4.69) is 20.0 Å². The number of fused-ring (bicyclic) bond motifs is 1. The van der Waals surface area contributed by atoms with Crippen LogP contribution in [0.25, 0.3) is 27.2 Å². The van der Waals surface area contributed by atoms with Crippen molar-refractivity contribution in [1.29, 1.82) is 5.26 Å². The molecule has 230 valence electrons. The molecule has 1 aliphatic carbocycles. The number of carbonyl (C=O) groups is 1. The fourth-order valence-corrected chi connectivity index (χ4v) is 8.18. The van der Waals surface area contributed by atoms with Crippen LogP contribution in [0, 0.1) is 11.3 Å². The largest absolute Gasteiger partial charge is 0.478 e. The van der Waals surface area contributed by atoms with Crippen molar-refractivity contribution >= 4 is 53.8 Å². The SMILES string of the molecule is CC(C)S(=O)(=O)N1CCC(c2cc(S(=O)(=O)NC3(C#N)CC3)cc3c(-c4nnc(C(F)(F)F)s4)nn(C)c23)=C(C(=O)O)C1. The van der Waals surface area contributed by atoms with E-state index in [0.29, 0.717) is 0 Å². The van der Waals surface area contributed by atoms with E-state index in [1.807, 2.05) is 6.07 Å². The first-order valence-electron chi connectivity index (χ1n) is 12.7. The number of alkyl halides is 3. The molecular formula is C24H24F3N7O6S3. The molecule has 0 radical (unpaired) electrons. The highest BCUT2D eigenvalue weighted by molar-refractivity contribution is 7.90. The molecule has 2 N–H and O–H groups in total. The number of rotatable bonds is 8. The van der Waals surface area contributed by atoms with Gasteiger partial charge in [-0.3, -0.25) is 4.68 Å². The van der Waals surface area contributed by atoms with Gasteiger partial charge < -0.3 is 5.11 Å². The molecule has 5 rings (SSSR count). The summed E-state index contributed by atoms with van der Waals surface area (Å²) >= 11 is 0.200. The Labute approximate surface area is 247 Å². The quantitative estimate of drug-likeness (QED) is 0.364. The van der Waals surface area contributed by atoms with Crippen LogP contribution in [-0.2, 0) is 38.1 Å². The first kappa shape index (κ1) is 31.0. The Morgan fingerprint density at radius 3 is 2.42 bits per heavy atom. The summed E-state index contributed by atoms with van der Waals surface area (Å²) in [6.07, 6.45) is -4.35. The van der Waals surface area contributed by atoms with Gasteiger partial charge >= 0.3 is 12.1 Å². The molecule has 0 bridgehead atoms. The minimum Gasteiger partial charge on any atom is -0.478 e. The molecule has 13 nitrogen and oxygen atoms in total. The predicted octanol–water partition coefficient (Wildman–Crippen LogP) is 2.73. The number of benzene rings is 1. The number of nitriles is 1. The predicted molar refractivity (Wildman–Crippen MR) is 147 cm³/mol. The van der Waals surface area contributed by atoms with Gasteiger partial charge in [0.2, 0.25) is 25.1 Å². The van der Waals surface area contributed by atoms with Crippen LogP contribution in [0.15, 0.2) is 22.6 Å². The first-order valence-corrected chi connectivity index (χ1v) is 16.5. The molecule has 0 atom stereocenters. The number of nitrogens with zero attached hydrogens (tertiary/aromatic N) is 6. The number of sulfonamides is 2. The van der Waals surface area contributed by atoms with E-state index in [4.69, 9.17) is 0 Å². The summed E-state index contributed by atoms with van der Waals surface area (Å²) in [5.74, 6) is -1.43. The van der Waals surface area contributed by atoms with Crippen LogP contribution in [-0.4, -0.2) is 76.1 Å². The normalized spacial score (nSPS) is 17.9. The minimum absolute atomic E-state index is 0.0431. The van der Waals surface area contributed by atoms with Gasteiger partial charge in [-0.2, -0.15) is 32.6 Å². The molecule has 1 saturated carbocycles. The van der Waals surface area contributed by atoms with E-state index in [-0.39, 0.29) is 80.4 Å². The summed E-state index contributed by atoms with van der Waals surface area (Å²) in [6.45, 7) is 2.33. The van der Waals surface area contributed by atoms with Crippen molar-refractivity contribution < 1.29 is 39.9 Å². The highest BCUT2D eigenvalue weighted by Crippen LogP contribution is 2.42. The van der Waals surface area contributed by atoms with E-state index in [1.54, 1.807) is 0 Å². The summed E-state index contributed by atoms with van der Waals surface area (Å²) in [5, 5.41) is 28.4. The van der Waals surface area contributed by atoms with Gasteiger partial charge in [-0.05, 0) is 50.8 Å². The number of aryl methyl sites for hydroxylation is 1. The Morgan fingerprint density at radius 1 is 1.21 bits per heavy atom. The van der Waals surface area contributed by atoms with Gasteiger partial charge in [0.1, 0.15) is 11.2 Å². The van der Waals surface area contributed by atoms with Crippen LogP contribution < -0.4 is 4.72 Å². The van der Waals surface area contributed by atoms with Crippen molar-refractivity contribution in [3.05, 3.63) is 28.3 Å². The molecule has 1 aromatic carbocycles. The van der Waals surface area contributed by atoms with E-state index < -0.39 is 54.5 Å². The molecule has 1 aliphatic heterocycles. The van der Waals surface area contributed by atoms with Gasteiger partial charge in [-0.15, -0.1) is 10.2 Å². The summed E-state index contributed by atoms with van der Waals surface area (Å²) < 4.78 is 97.3. The van der Waals surface area contributed by atoms with Crippen LogP contribution in [0.2, 0.25) is 0 Å². The Kier molecular flexibility index (Phi) is 7.45. The fraction of sp³-hybridized carbons (Fsp3) is 0.458. The number of aliphatic carboxylic acids is 1. The van der Waals surface area contributed by atoms with Crippen LogP contribution >= 0.6 is 11.3 Å². The summed E-state index contributed by atoms with van der Waals surface area (Å²) in [6, 6.07) is 4.30. The standard InChI is InChI=1S/C24H24F3N7O6S3/c1-12(2)43(39,40)34-7-4-14(17(10-34)21(35)36)15-8-13(42(37,38)32-23(11-28)5-6-23)9-16-18(31-33(3)19(15)16)20-29-30-22(41-20)24(25,26)27/h8-9,12,32H,4-7,10H2,1-3H3,(H,35,36). The fourth-order valence-electron chi connectivity index (χ4n) is 4.79. The first-order chi connectivity index (χ1) is 19.9. The lowest BCUT2D eigenvalue weighted by molar-refractivity contribution is -0.138. The maximum absolute atomic E-state index is 13.5. The van der Waals surface area contributed by atoms with Crippen LogP contribution in [0.4, 0.5) is 13.2 Å². The van der Waals surface area contributed by atoms with Gasteiger partial charge in [0, 0.05) is 31.1 Å². The second-order valence-corrected chi connectivity index (χ2v) is 15.6. The van der Waals surface area contributed by atoms with Crippen molar-refractivity contribution in [3.8, 4) is 16.8 Å². The molecule has 43 heavy (non-hydrogen) atoms. The average Bonchev–Trinajstić information content (AvgIpc) is 3.34. The van der Waals surface area contributed by atoms with Crippen molar-refractivity contribution in [3.63, 3.8) is 0 Å². The third kappa shape index (κ3) is 5.53. The Morgan fingerprint density at radius 2 is 1.88 bits per heavy atom. The third-order valence-corrected chi connectivity index (χ3v) is 11.9. The molecule has 2 aliphatic rings. The highest BCUT2D eigenvalue weighted by atomic mass is 32.2. The van der Waals surface area contributed by atoms with E-state index in [1.165, 1.54) is 37.7 Å². The molecule has 2 aromatic heterocycles. The summed E-state index contributed by atoms with van der Waals surface area (Å²) in [5.41, 5.74) is -1.33. The van der Waals surface area contributed by atoms with Crippen molar-refractivity contribution in [2.45, 2.75) is 55.0 Å². The average molecular weight is 660 g/mol. The van der Waals surface area contributed by atoms with E-state index in [0.717, 1.165) is 4.31 Å². The second kappa shape index (κ2) is 10.3. The minimum atomic E-state index is -4.79. The number of aromatic nitrogens is 4. The number of hydrogen-bond donors (Lipinski definition) is 2. The van der Waals surface area contributed by atoms with E-state index in [9.17, 15) is 45.2 Å². The molecular weight excluding hydrogens is 636 g/mol. The Hall–Kier alpha value is -3.44. The molecule has 0 spiro atoms. The number of carboxylic acids is 1. The zero-order valence-electron chi connectivity index (χ0n) is 22.8. The summed E-state index contributed by atoms with van der Waals surface area (Å²) in [4.78, 5) is 12.1. The maximum Gasteiger partial charge on any atom is 0.445 e. The molecule has 19 heteroatoms. The molecule has 3 aromatic rings. The van der Waals surface area contributed by atoms with Gasteiger partial charge in [-0.1, -0.05) is 11.3 Å². The van der Waals surface area contributed by atoms with Gasteiger partial charge in [0.15, 0.2) is 5.01 Å². The summed E-state index contributed by atoms with van der Waals surface area (Å²) in [7, 11) is -6.80. The lowest BCUT2D eigenvalue weighted by Crippen LogP contribution is -2.42. The van der Waals surface area contributed by atoms with E-state index >= 15 is 0 Å². The smallest absolute Gasteiger partial charge is 0.445 e. The lowest BCUT2D eigenvalue weighted by atomic mass is 9.92. The highest BCUT2D eigenvalue weighted by Gasteiger charge is 2.47. The second-order valence-electron chi connectivity index (χ2n) is 10.5. The maximum atomic E-state index is 13.5. The van der Waals surface area contributed by atoms with Crippen LogP contribution in [0.5, 0.6) is 0 Å². The van der Waals surface area contributed by atoms with Crippen LogP contribution in [0.3, 0.4) is 0 Å². The molecule has 3 heterocycles. The number of hydrogen-bond acceptors (Lipinski definition) is 10. The number of halogens is 3. The zero-order valence-corrected chi connectivity index (χ0v) is 25.2. The number of nitrogens with one attached hydrogen (secondary N) is 1. The van der Waals surface area contributed by atoms with Gasteiger partial charge in [-0.25, -0.2) is 21.6 Å². The van der Waals surface area contributed by atoms with Crippen molar-refractivity contribution in [2.24, 2.45) is 7.05 Å². The molecule has 0 unspecified atom stereocenters. The van der Waals surface area contributed by atoms with Crippen molar-refractivity contribution in [1.82, 2.24) is 29.0 Å². The topological polar surface area (TPSA) is 188 Å². The van der Waals surface area contributed by atoms with Crippen molar-refractivity contribution in [2.75, 3.05) is 13.1 Å². The molecule has 0 saturated heterocycles. The Balaban J connectivity index is 1.77. The Bertz CT molecular complexity index is 1950. The monoisotopic (exact) mass is 659 g/mol. The van der Waals surface area contributed by atoms with Gasteiger partial charge in [0.25, 0.3) is 0 Å². The van der Waals surface area contributed by atoms with Gasteiger partial charge in [0.05, 0.1) is 27.3 Å². The van der Waals surface area contributed by atoms with Crippen LogP contribution in [0.1, 0.15) is 43.7 Å². The lowest BCUT2D eigenvalue weighted by Gasteiger charge is -2.30. The zero-order chi connectivity index (χ0) is 31.7. The molecule has 1 fully saturated rings. The number of carboxylic acid groups (broad SMARTS) is 1.